The Hall–Kier alpha value is -0.470. The average molecular weight is 247 g/mol. The van der Waals surface area contributed by atoms with Gasteiger partial charge in [-0.25, -0.2) is 0 Å². The summed E-state index contributed by atoms with van der Waals surface area (Å²) in [5.74, 6) is 2.81. The van der Waals surface area contributed by atoms with Gasteiger partial charge in [-0.2, -0.15) is 11.8 Å². The number of benzene rings is 1. The first-order chi connectivity index (χ1) is 8.36. The predicted molar refractivity (Wildman–Crippen MR) is 75.4 cm³/mol. The van der Waals surface area contributed by atoms with Crippen LogP contribution in [0.4, 0.5) is 0 Å². The van der Waals surface area contributed by atoms with E-state index >= 15 is 0 Å². The molecule has 4 unspecified atom stereocenters. The van der Waals surface area contributed by atoms with Gasteiger partial charge in [-0.05, 0) is 42.4 Å². The molecule has 2 N–H and O–H groups in total. The molecule has 4 atom stereocenters. The normalized spacial score (nSPS) is 34.3. The van der Waals surface area contributed by atoms with E-state index in [0.29, 0.717) is 6.04 Å². The highest BCUT2D eigenvalue weighted by Gasteiger charge is 2.45. The Bertz CT molecular complexity index is 358. The van der Waals surface area contributed by atoms with Crippen LogP contribution in [0, 0.1) is 5.92 Å². The van der Waals surface area contributed by atoms with Gasteiger partial charge in [0.15, 0.2) is 0 Å². The molecule has 1 saturated carbocycles. The number of hydrogen-bond donors (Lipinski definition) is 1. The second-order valence-corrected chi connectivity index (χ2v) is 6.75. The Morgan fingerprint density at radius 1 is 1.18 bits per heavy atom. The molecule has 1 heterocycles. The van der Waals surface area contributed by atoms with Crippen LogP contribution in [0.25, 0.3) is 0 Å². The van der Waals surface area contributed by atoms with Crippen LogP contribution < -0.4 is 5.73 Å². The van der Waals surface area contributed by atoms with Crippen molar-refractivity contribution in [3.05, 3.63) is 35.9 Å². The summed E-state index contributed by atoms with van der Waals surface area (Å²) in [5.41, 5.74) is 7.95. The molecule has 0 spiro atoms. The van der Waals surface area contributed by atoms with Crippen molar-refractivity contribution >= 4 is 11.8 Å². The highest BCUT2D eigenvalue weighted by Crippen LogP contribution is 2.51. The Morgan fingerprint density at radius 3 is 2.71 bits per heavy atom. The van der Waals surface area contributed by atoms with Gasteiger partial charge >= 0.3 is 0 Å². The lowest BCUT2D eigenvalue weighted by atomic mass is 10.0. The lowest BCUT2D eigenvalue weighted by Crippen LogP contribution is -2.36. The fourth-order valence-corrected chi connectivity index (χ4v) is 4.50. The van der Waals surface area contributed by atoms with E-state index in [0.717, 1.165) is 17.1 Å². The summed E-state index contributed by atoms with van der Waals surface area (Å²) in [6.45, 7) is 0. The quantitative estimate of drug-likeness (QED) is 0.886. The fourth-order valence-electron chi connectivity index (χ4n) is 3.07. The number of nitrogens with two attached hydrogens (primary N) is 1. The molecular weight excluding hydrogens is 226 g/mol. The maximum absolute atomic E-state index is 6.46. The third-order valence-corrected chi connectivity index (χ3v) is 5.71. The molecule has 2 aliphatic rings. The molecule has 1 aliphatic heterocycles. The van der Waals surface area contributed by atoms with Gasteiger partial charge in [0.2, 0.25) is 0 Å². The average Bonchev–Trinajstić information content (AvgIpc) is 3.20. The summed E-state index contributed by atoms with van der Waals surface area (Å²) in [6, 6.07) is 11.3. The van der Waals surface area contributed by atoms with Crippen molar-refractivity contribution < 1.29 is 0 Å². The molecule has 1 aromatic rings. The Morgan fingerprint density at radius 2 is 2.00 bits per heavy atom. The molecule has 1 aromatic carbocycles. The van der Waals surface area contributed by atoms with Crippen molar-refractivity contribution in [1.82, 2.24) is 0 Å². The van der Waals surface area contributed by atoms with E-state index in [4.69, 9.17) is 5.73 Å². The molecule has 1 saturated heterocycles. The summed E-state index contributed by atoms with van der Waals surface area (Å²) < 4.78 is 0. The third-order valence-electron chi connectivity index (χ3n) is 4.21. The Labute approximate surface area is 108 Å². The van der Waals surface area contributed by atoms with Crippen molar-refractivity contribution in [1.29, 1.82) is 0 Å². The summed E-state index contributed by atoms with van der Waals surface area (Å²) in [4.78, 5) is 0. The van der Waals surface area contributed by atoms with Crippen LogP contribution in [-0.4, -0.2) is 17.0 Å². The van der Waals surface area contributed by atoms with E-state index in [-0.39, 0.29) is 0 Å². The van der Waals surface area contributed by atoms with E-state index in [1.54, 1.807) is 0 Å². The topological polar surface area (TPSA) is 26.0 Å². The summed E-state index contributed by atoms with van der Waals surface area (Å²) in [5, 5.41) is 0.725. The van der Waals surface area contributed by atoms with Crippen LogP contribution in [-0.2, 0) is 0 Å². The standard InChI is InChI=1S/C15H21NS/c16-15(14-8-4-5-9-17-14)13-10-12(13)11-6-2-1-3-7-11/h1-3,6-7,12-15H,4-5,8-10,16H2. The summed E-state index contributed by atoms with van der Waals surface area (Å²) >= 11 is 2.11. The molecule has 3 rings (SSSR count). The molecule has 1 nitrogen and oxygen atoms in total. The van der Waals surface area contributed by atoms with Crippen molar-refractivity contribution in [3.63, 3.8) is 0 Å². The highest BCUT2D eigenvalue weighted by molar-refractivity contribution is 8.00. The lowest BCUT2D eigenvalue weighted by Gasteiger charge is -2.27. The van der Waals surface area contributed by atoms with Crippen LogP contribution in [0.1, 0.15) is 37.2 Å². The molecule has 2 fully saturated rings. The van der Waals surface area contributed by atoms with Crippen molar-refractivity contribution in [2.75, 3.05) is 5.75 Å². The maximum Gasteiger partial charge on any atom is 0.0201 e. The first kappa shape index (κ1) is 11.6. The zero-order chi connectivity index (χ0) is 11.7. The van der Waals surface area contributed by atoms with Gasteiger partial charge < -0.3 is 5.73 Å². The minimum Gasteiger partial charge on any atom is -0.326 e. The lowest BCUT2D eigenvalue weighted by molar-refractivity contribution is 0.510. The molecule has 0 aromatic heterocycles. The molecule has 2 heteroatoms. The predicted octanol–water partition coefficient (Wildman–Crippen LogP) is 3.40. The molecular formula is C15H21NS. The van der Waals surface area contributed by atoms with Gasteiger partial charge in [0.25, 0.3) is 0 Å². The Balaban J connectivity index is 1.60. The minimum absolute atomic E-state index is 0.422. The van der Waals surface area contributed by atoms with Crippen molar-refractivity contribution in [3.8, 4) is 0 Å². The fraction of sp³-hybridized carbons (Fsp3) is 0.600. The smallest absolute Gasteiger partial charge is 0.0201 e. The molecule has 92 valence electrons. The molecule has 1 aliphatic carbocycles. The summed E-state index contributed by atoms with van der Waals surface area (Å²) in [7, 11) is 0. The monoisotopic (exact) mass is 247 g/mol. The third kappa shape index (κ3) is 2.53. The Kier molecular flexibility index (Phi) is 3.44. The maximum atomic E-state index is 6.46. The van der Waals surface area contributed by atoms with Gasteiger partial charge in [0.1, 0.15) is 0 Å². The van der Waals surface area contributed by atoms with Gasteiger partial charge in [-0.3, -0.25) is 0 Å². The van der Waals surface area contributed by atoms with Crippen LogP contribution in [0.2, 0.25) is 0 Å². The zero-order valence-electron chi connectivity index (χ0n) is 10.2. The van der Waals surface area contributed by atoms with Crippen LogP contribution >= 0.6 is 11.8 Å². The van der Waals surface area contributed by atoms with E-state index in [2.05, 4.69) is 42.1 Å². The van der Waals surface area contributed by atoms with Gasteiger partial charge in [0, 0.05) is 11.3 Å². The number of hydrogen-bond acceptors (Lipinski definition) is 2. The molecule has 0 radical (unpaired) electrons. The van der Waals surface area contributed by atoms with Crippen LogP contribution in [0.5, 0.6) is 0 Å². The van der Waals surface area contributed by atoms with E-state index < -0.39 is 0 Å². The number of thioether (sulfide) groups is 1. The second-order valence-electron chi connectivity index (χ2n) is 5.40. The van der Waals surface area contributed by atoms with Crippen molar-refractivity contribution in [2.24, 2.45) is 11.7 Å². The van der Waals surface area contributed by atoms with Crippen molar-refractivity contribution in [2.45, 2.75) is 42.9 Å². The van der Waals surface area contributed by atoms with Gasteiger partial charge in [-0.1, -0.05) is 36.8 Å². The number of rotatable bonds is 3. The zero-order valence-corrected chi connectivity index (χ0v) is 11.0. The first-order valence-corrected chi connectivity index (χ1v) is 7.83. The molecule has 0 bridgehead atoms. The van der Waals surface area contributed by atoms with E-state index in [9.17, 15) is 0 Å². The highest BCUT2D eigenvalue weighted by atomic mass is 32.2. The van der Waals surface area contributed by atoms with E-state index in [1.807, 2.05) is 0 Å². The van der Waals surface area contributed by atoms with Gasteiger partial charge in [-0.15, -0.1) is 0 Å². The second kappa shape index (κ2) is 5.03. The van der Waals surface area contributed by atoms with Crippen LogP contribution in [0.3, 0.4) is 0 Å². The van der Waals surface area contributed by atoms with Crippen LogP contribution in [0.15, 0.2) is 30.3 Å². The summed E-state index contributed by atoms with van der Waals surface area (Å²) in [6.07, 6.45) is 5.42. The largest absolute Gasteiger partial charge is 0.326 e. The molecule has 0 amide bonds. The van der Waals surface area contributed by atoms with E-state index in [1.165, 1.54) is 37.0 Å². The molecule has 17 heavy (non-hydrogen) atoms. The minimum atomic E-state index is 0.422. The SMILES string of the molecule is NC(C1CCCCS1)C1CC1c1ccccc1. The van der Waals surface area contributed by atoms with Gasteiger partial charge in [0.05, 0.1) is 0 Å². The first-order valence-electron chi connectivity index (χ1n) is 6.78.